The Morgan fingerprint density at radius 1 is 0.844 bits per heavy atom. The van der Waals surface area contributed by atoms with Gasteiger partial charge in [0.2, 0.25) is 0 Å². The molecule has 0 aliphatic carbocycles. The first-order chi connectivity index (χ1) is 15.3. The molecule has 1 unspecified atom stereocenters. The minimum atomic E-state index is -0.837. The zero-order valence-corrected chi connectivity index (χ0v) is 18.3. The first-order valence-corrected chi connectivity index (χ1v) is 10.2. The maximum Gasteiger partial charge on any atom is 0.279 e. The van der Waals surface area contributed by atoms with Gasteiger partial charge in [-0.1, -0.05) is 29.3 Å². The van der Waals surface area contributed by atoms with Gasteiger partial charge in [0.25, 0.3) is 17.7 Å². The summed E-state index contributed by atoms with van der Waals surface area (Å²) in [6.07, 6.45) is -0.837. The second kappa shape index (κ2) is 10.5. The third-order valence-electron chi connectivity index (χ3n) is 4.48. The van der Waals surface area contributed by atoms with Crippen LogP contribution in [0, 0.1) is 6.92 Å². The van der Waals surface area contributed by atoms with E-state index in [4.69, 9.17) is 16.3 Å². The molecule has 3 aromatic carbocycles. The van der Waals surface area contributed by atoms with Gasteiger partial charge >= 0.3 is 0 Å². The molecule has 3 aromatic rings. The van der Waals surface area contributed by atoms with Crippen LogP contribution in [0.2, 0.25) is 5.02 Å². The molecule has 0 aromatic heterocycles. The summed E-state index contributed by atoms with van der Waals surface area (Å²) in [6.45, 7) is 3.47. The molecule has 0 fully saturated rings. The monoisotopic (exact) mass is 451 g/mol. The predicted molar refractivity (Wildman–Crippen MR) is 123 cm³/mol. The zero-order chi connectivity index (χ0) is 23.1. The molecule has 32 heavy (non-hydrogen) atoms. The minimum Gasteiger partial charge on any atom is -0.481 e. The van der Waals surface area contributed by atoms with Crippen molar-refractivity contribution in [3.05, 3.63) is 94.5 Å². The van der Waals surface area contributed by atoms with Crippen molar-refractivity contribution in [1.29, 1.82) is 0 Å². The van der Waals surface area contributed by atoms with Crippen molar-refractivity contribution in [2.24, 2.45) is 0 Å². The fraction of sp³-hybridized carbons (Fsp3) is 0.125. The summed E-state index contributed by atoms with van der Waals surface area (Å²) in [4.78, 5) is 36.8. The van der Waals surface area contributed by atoms with Crippen molar-refractivity contribution < 1.29 is 19.1 Å². The van der Waals surface area contributed by atoms with E-state index in [2.05, 4.69) is 16.2 Å². The molecule has 0 radical (unpaired) electrons. The molecule has 0 heterocycles. The fourth-order valence-electron chi connectivity index (χ4n) is 2.76. The standard InChI is InChI=1S/C24H22ClN3O4/c1-15-4-3-5-18(14-15)23(30)26-20-10-6-17(7-11-20)24(31)28-27-22(29)16(2)32-21-12-8-19(25)9-13-21/h3-14,16H,1-2H3,(H,26,30)(H,27,29)(H,28,31). The summed E-state index contributed by atoms with van der Waals surface area (Å²) < 4.78 is 5.50. The highest BCUT2D eigenvalue weighted by Crippen LogP contribution is 2.17. The first kappa shape index (κ1) is 22.8. The van der Waals surface area contributed by atoms with E-state index >= 15 is 0 Å². The number of hydrogen-bond acceptors (Lipinski definition) is 4. The van der Waals surface area contributed by atoms with E-state index in [1.807, 2.05) is 19.1 Å². The topological polar surface area (TPSA) is 96.5 Å². The number of nitrogens with one attached hydrogen (secondary N) is 3. The van der Waals surface area contributed by atoms with Crippen LogP contribution in [0.3, 0.4) is 0 Å². The predicted octanol–water partition coefficient (Wildman–Crippen LogP) is 4.13. The van der Waals surface area contributed by atoms with Crippen LogP contribution in [0.25, 0.3) is 0 Å². The Bertz CT molecular complexity index is 1110. The van der Waals surface area contributed by atoms with Crippen LogP contribution in [0.15, 0.2) is 72.8 Å². The number of hydrazine groups is 1. The molecular formula is C24H22ClN3O4. The van der Waals surface area contributed by atoms with Gasteiger partial charge in [-0.2, -0.15) is 0 Å². The van der Waals surface area contributed by atoms with Crippen molar-refractivity contribution in [1.82, 2.24) is 10.9 Å². The molecule has 8 heteroatoms. The lowest BCUT2D eigenvalue weighted by Crippen LogP contribution is -2.47. The first-order valence-electron chi connectivity index (χ1n) is 9.82. The van der Waals surface area contributed by atoms with Gasteiger partial charge in [-0.05, 0) is 74.5 Å². The number of amides is 3. The molecule has 0 bridgehead atoms. The minimum absolute atomic E-state index is 0.243. The third-order valence-corrected chi connectivity index (χ3v) is 4.73. The van der Waals surface area contributed by atoms with Crippen LogP contribution in [0.5, 0.6) is 5.75 Å². The van der Waals surface area contributed by atoms with Crippen LogP contribution in [0.1, 0.15) is 33.2 Å². The van der Waals surface area contributed by atoms with Gasteiger partial charge in [-0.3, -0.25) is 25.2 Å². The Labute approximate surface area is 190 Å². The number of carbonyl (C=O) groups is 3. The van der Waals surface area contributed by atoms with Gasteiger partial charge in [0.15, 0.2) is 6.10 Å². The Morgan fingerprint density at radius 2 is 1.53 bits per heavy atom. The highest BCUT2D eigenvalue weighted by molar-refractivity contribution is 6.30. The molecule has 3 amide bonds. The van der Waals surface area contributed by atoms with Crippen molar-refractivity contribution in [2.75, 3.05) is 5.32 Å². The average Bonchev–Trinajstić information content (AvgIpc) is 2.79. The fourth-order valence-corrected chi connectivity index (χ4v) is 2.88. The van der Waals surface area contributed by atoms with Crippen LogP contribution >= 0.6 is 11.6 Å². The molecule has 164 valence electrons. The largest absolute Gasteiger partial charge is 0.481 e. The Morgan fingerprint density at radius 3 is 2.19 bits per heavy atom. The molecular weight excluding hydrogens is 430 g/mol. The number of halogens is 1. The number of benzene rings is 3. The van der Waals surface area contributed by atoms with Crippen LogP contribution in [-0.2, 0) is 4.79 Å². The van der Waals surface area contributed by atoms with Gasteiger partial charge in [0.1, 0.15) is 5.75 Å². The van der Waals surface area contributed by atoms with E-state index in [0.717, 1.165) is 5.56 Å². The normalized spacial score (nSPS) is 11.2. The number of hydrogen-bond donors (Lipinski definition) is 3. The van der Waals surface area contributed by atoms with E-state index in [1.54, 1.807) is 67.6 Å². The summed E-state index contributed by atoms with van der Waals surface area (Å²) in [7, 11) is 0. The Kier molecular flexibility index (Phi) is 7.46. The Balaban J connectivity index is 1.50. The molecule has 0 saturated heterocycles. The molecule has 3 N–H and O–H groups in total. The summed E-state index contributed by atoms with van der Waals surface area (Å²) in [5, 5.41) is 3.34. The van der Waals surface area contributed by atoms with Crippen molar-refractivity contribution in [2.45, 2.75) is 20.0 Å². The van der Waals surface area contributed by atoms with E-state index < -0.39 is 17.9 Å². The second-order valence-electron chi connectivity index (χ2n) is 7.06. The summed E-state index contributed by atoms with van der Waals surface area (Å²) in [5.74, 6) is -0.788. The van der Waals surface area contributed by atoms with Crippen molar-refractivity contribution in [3.63, 3.8) is 0 Å². The highest BCUT2D eigenvalue weighted by Gasteiger charge is 2.16. The molecule has 1 atom stereocenters. The highest BCUT2D eigenvalue weighted by atomic mass is 35.5. The van der Waals surface area contributed by atoms with Gasteiger partial charge in [-0.15, -0.1) is 0 Å². The van der Waals surface area contributed by atoms with E-state index in [9.17, 15) is 14.4 Å². The molecule has 0 aliphatic heterocycles. The maximum absolute atomic E-state index is 12.3. The van der Waals surface area contributed by atoms with Gasteiger partial charge < -0.3 is 10.1 Å². The summed E-state index contributed by atoms with van der Waals surface area (Å²) in [5.41, 5.74) is 7.05. The Hall–Kier alpha value is -3.84. The number of rotatable bonds is 6. The smallest absolute Gasteiger partial charge is 0.279 e. The van der Waals surface area contributed by atoms with E-state index in [0.29, 0.717) is 27.6 Å². The lowest BCUT2D eigenvalue weighted by Gasteiger charge is -2.15. The quantitative estimate of drug-likeness (QED) is 0.491. The third kappa shape index (κ3) is 6.33. The van der Waals surface area contributed by atoms with Crippen molar-refractivity contribution in [3.8, 4) is 5.75 Å². The number of anilines is 1. The number of carbonyl (C=O) groups excluding carboxylic acids is 3. The SMILES string of the molecule is Cc1cccc(C(=O)Nc2ccc(C(=O)NNC(=O)C(C)Oc3ccc(Cl)cc3)cc2)c1. The second-order valence-corrected chi connectivity index (χ2v) is 7.49. The lowest BCUT2D eigenvalue weighted by atomic mass is 10.1. The zero-order valence-electron chi connectivity index (χ0n) is 17.5. The van der Waals surface area contributed by atoms with Gasteiger partial charge in [-0.25, -0.2) is 0 Å². The number of aryl methyl sites for hydroxylation is 1. The van der Waals surface area contributed by atoms with E-state index in [-0.39, 0.29) is 5.91 Å². The maximum atomic E-state index is 12.3. The lowest BCUT2D eigenvalue weighted by molar-refractivity contribution is -0.128. The number of ether oxygens (including phenoxy) is 1. The molecule has 0 spiro atoms. The van der Waals surface area contributed by atoms with Crippen LogP contribution in [-0.4, -0.2) is 23.8 Å². The summed E-state index contributed by atoms with van der Waals surface area (Å²) >= 11 is 5.82. The average molecular weight is 452 g/mol. The summed E-state index contributed by atoms with van der Waals surface area (Å²) in [6, 6.07) is 20.1. The van der Waals surface area contributed by atoms with Gasteiger partial charge in [0.05, 0.1) is 0 Å². The van der Waals surface area contributed by atoms with Crippen LogP contribution in [0.4, 0.5) is 5.69 Å². The molecule has 7 nitrogen and oxygen atoms in total. The van der Waals surface area contributed by atoms with Crippen LogP contribution < -0.4 is 20.9 Å². The molecule has 0 aliphatic rings. The van der Waals surface area contributed by atoms with Crippen molar-refractivity contribution >= 4 is 35.0 Å². The molecule has 0 saturated carbocycles. The molecule has 3 rings (SSSR count). The van der Waals surface area contributed by atoms with Gasteiger partial charge in [0, 0.05) is 21.8 Å². The van der Waals surface area contributed by atoms with E-state index in [1.165, 1.54) is 0 Å².